The van der Waals surface area contributed by atoms with Crippen LogP contribution in [0.1, 0.15) is 53.5 Å². The van der Waals surface area contributed by atoms with Crippen molar-refractivity contribution in [2.45, 2.75) is 53.4 Å². The predicted molar refractivity (Wildman–Crippen MR) is 72.4 cm³/mol. The topological polar surface area (TPSA) is 26.3 Å². The number of esters is 1. The fraction of sp³-hybridized carbons (Fsp3) is 0.533. The molecule has 0 heterocycles. The molecule has 2 heteroatoms. The SMILES string of the molecule is CC.CCC(C)(C)c1ccccc1OC(C)=O. The fourth-order valence-electron chi connectivity index (χ4n) is 1.46. The van der Waals surface area contributed by atoms with Crippen LogP contribution in [-0.2, 0) is 10.2 Å². The molecule has 0 saturated carbocycles. The predicted octanol–water partition coefficient (Wildman–Crippen LogP) is 4.33. The standard InChI is InChI=1S/C13H18O2.C2H6/c1-5-13(3,4)11-8-6-7-9-12(11)15-10(2)14;1-2/h6-9H,5H2,1-4H3;1-2H3. The second kappa shape index (κ2) is 7.10. The molecule has 96 valence electrons. The van der Waals surface area contributed by atoms with Crippen molar-refractivity contribution in [3.63, 3.8) is 0 Å². The number of ether oxygens (including phenoxy) is 1. The van der Waals surface area contributed by atoms with E-state index in [-0.39, 0.29) is 11.4 Å². The zero-order chi connectivity index (χ0) is 13.5. The molecule has 1 aromatic rings. The molecule has 0 spiro atoms. The van der Waals surface area contributed by atoms with E-state index < -0.39 is 0 Å². The van der Waals surface area contributed by atoms with Gasteiger partial charge < -0.3 is 4.74 Å². The highest BCUT2D eigenvalue weighted by molar-refractivity contribution is 5.70. The minimum atomic E-state index is -0.269. The van der Waals surface area contributed by atoms with Gasteiger partial charge in [-0.3, -0.25) is 4.79 Å². The monoisotopic (exact) mass is 236 g/mol. The summed E-state index contributed by atoms with van der Waals surface area (Å²) >= 11 is 0. The third kappa shape index (κ3) is 4.59. The lowest BCUT2D eigenvalue weighted by Gasteiger charge is -2.25. The molecule has 0 aromatic heterocycles. The molecule has 0 saturated heterocycles. The van der Waals surface area contributed by atoms with E-state index in [1.165, 1.54) is 6.92 Å². The molecule has 1 rings (SSSR count). The van der Waals surface area contributed by atoms with Crippen molar-refractivity contribution in [1.29, 1.82) is 0 Å². The van der Waals surface area contributed by atoms with E-state index in [2.05, 4.69) is 20.8 Å². The number of hydrogen-bond donors (Lipinski definition) is 0. The number of para-hydroxylation sites is 1. The Morgan fingerprint density at radius 2 is 1.76 bits per heavy atom. The van der Waals surface area contributed by atoms with Gasteiger partial charge in [0.15, 0.2) is 0 Å². The first-order chi connectivity index (χ1) is 7.97. The highest BCUT2D eigenvalue weighted by Crippen LogP contribution is 2.33. The molecule has 0 amide bonds. The summed E-state index contributed by atoms with van der Waals surface area (Å²) in [7, 11) is 0. The van der Waals surface area contributed by atoms with Gasteiger partial charge >= 0.3 is 5.97 Å². The molecule has 0 aliphatic rings. The Morgan fingerprint density at radius 3 is 2.24 bits per heavy atom. The van der Waals surface area contributed by atoms with E-state index in [9.17, 15) is 4.79 Å². The van der Waals surface area contributed by atoms with Gasteiger partial charge in [-0.2, -0.15) is 0 Å². The molecule has 0 radical (unpaired) electrons. The molecule has 2 nitrogen and oxygen atoms in total. The fourth-order valence-corrected chi connectivity index (χ4v) is 1.46. The number of carbonyl (C=O) groups excluding carboxylic acids is 1. The zero-order valence-corrected chi connectivity index (χ0v) is 11.8. The zero-order valence-electron chi connectivity index (χ0n) is 11.8. The summed E-state index contributed by atoms with van der Waals surface area (Å²) in [6, 6.07) is 7.71. The van der Waals surface area contributed by atoms with E-state index in [0.717, 1.165) is 12.0 Å². The number of carbonyl (C=O) groups is 1. The first-order valence-corrected chi connectivity index (χ1v) is 6.25. The molecular weight excluding hydrogens is 212 g/mol. The average Bonchev–Trinajstić information content (AvgIpc) is 2.31. The first-order valence-electron chi connectivity index (χ1n) is 6.25. The molecule has 0 N–H and O–H groups in total. The maximum absolute atomic E-state index is 11.0. The lowest BCUT2D eigenvalue weighted by molar-refractivity contribution is -0.131. The molecule has 0 aliphatic heterocycles. The van der Waals surface area contributed by atoms with Gasteiger partial charge in [0.25, 0.3) is 0 Å². The Balaban J connectivity index is 0.00000121. The smallest absolute Gasteiger partial charge is 0.308 e. The number of benzene rings is 1. The number of hydrogen-bond acceptors (Lipinski definition) is 2. The van der Waals surface area contributed by atoms with Gasteiger partial charge in [-0.1, -0.05) is 52.8 Å². The summed E-state index contributed by atoms with van der Waals surface area (Å²) in [5, 5.41) is 0. The van der Waals surface area contributed by atoms with Crippen LogP contribution in [0.25, 0.3) is 0 Å². The van der Waals surface area contributed by atoms with E-state index in [1.54, 1.807) is 0 Å². The van der Waals surface area contributed by atoms with Crippen molar-refractivity contribution in [3.8, 4) is 5.75 Å². The molecule has 0 unspecified atom stereocenters. The van der Waals surface area contributed by atoms with Crippen molar-refractivity contribution in [2.75, 3.05) is 0 Å². The molecule has 1 aromatic carbocycles. The highest BCUT2D eigenvalue weighted by Gasteiger charge is 2.22. The van der Waals surface area contributed by atoms with Crippen LogP contribution in [0.2, 0.25) is 0 Å². The highest BCUT2D eigenvalue weighted by atomic mass is 16.5. The van der Waals surface area contributed by atoms with Crippen LogP contribution in [-0.4, -0.2) is 5.97 Å². The maximum atomic E-state index is 11.0. The summed E-state index contributed by atoms with van der Waals surface area (Å²) in [5.74, 6) is 0.409. The van der Waals surface area contributed by atoms with Gasteiger partial charge in [-0.25, -0.2) is 0 Å². The normalized spacial score (nSPS) is 10.2. The van der Waals surface area contributed by atoms with Crippen LogP contribution in [0.4, 0.5) is 0 Å². The lowest BCUT2D eigenvalue weighted by atomic mass is 9.82. The van der Waals surface area contributed by atoms with Crippen molar-refractivity contribution in [1.82, 2.24) is 0 Å². The lowest BCUT2D eigenvalue weighted by Crippen LogP contribution is -2.18. The van der Waals surface area contributed by atoms with Gasteiger partial charge in [0.1, 0.15) is 5.75 Å². The molecule has 17 heavy (non-hydrogen) atoms. The van der Waals surface area contributed by atoms with Gasteiger partial charge in [0.2, 0.25) is 0 Å². The van der Waals surface area contributed by atoms with Crippen molar-refractivity contribution < 1.29 is 9.53 Å². The second-order valence-electron chi connectivity index (χ2n) is 4.33. The quantitative estimate of drug-likeness (QED) is 0.577. The van der Waals surface area contributed by atoms with Gasteiger partial charge in [-0.05, 0) is 17.9 Å². The molecular formula is C15H24O2. The Hall–Kier alpha value is -1.31. The van der Waals surface area contributed by atoms with E-state index in [4.69, 9.17) is 4.74 Å². The molecule has 0 bridgehead atoms. The van der Waals surface area contributed by atoms with Crippen LogP contribution >= 0.6 is 0 Å². The Labute approximate surface area is 105 Å². The Kier molecular flexibility index (Phi) is 6.55. The summed E-state index contributed by atoms with van der Waals surface area (Å²) < 4.78 is 5.19. The Bertz CT molecular complexity index is 354. The van der Waals surface area contributed by atoms with Crippen molar-refractivity contribution >= 4 is 5.97 Å². The Morgan fingerprint density at radius 1 is 1.24 bits per heavy atom. The third-order valence-electron chi connectivity index (χ3n) is 2.75. The van der Waals surface area contributed by atoms with Crippen LogP contribution < -0.4 is 4.74 Å². The largest absolute Gasteiger partial charge is 0.426 e. The molecule has 0 aliphatic carbocycles. The van der Waals surface area contributed by atoms with Crippen LogP contribution in [0.15, 0.2) is 24.3 Å². The first kappa shape index (κ1) is 15.7. The maximum Gasteiger partial charge on any atom is 0.308 e. The number of rotatable bonds is 3. The minimum Gasteiger partial charge on any atom is -0.426 e. The third-order valence-corrected chi connectivity index (χ3v) is 2.75. The summed E-state index contributed by atoms with van der Waals surface area (Å²) in [4.78, 5) is 11.0. The van der Waals surface area contributed by atoms with Crippen molar-refractivity contribution in [2.24, 2.45) is 0 Å². The van der Waals surface area contributed by atoms with Gasteiger partial charge in [0, 0.05) is 12.5 Å². The van der Waals surface area contributed by atoms with Gasteiger partial charge in [-0.15, -0.1) is 0 Å². The van der Waals surface area contributed by atoms with E-state index in [0.29, 0.717) is 5.75 Å². The van der Waals surface area contributed by atoms with E-state index >= 15 is 0 Å². The van der Waals surface area contributed by atoms with E-state index in [1.807, 2.05) is 38.1 Å². The summed E-state index contributed by atoms with van der Waals surface area (Å²) in [6.45, 7) is 11.9. The summed E-state index contributed by atoms with van der Waals surface area (Å²) in [5.41, 5.74) is 1.12. The summed E-state index contributed by atoms with van der Waals surface area (Å²) in [6.07, 6.45) is 1.01. The van der Waals surface area contributed by atoms with Crippen LogP contribution in [0, 0.1) is 0 Å². The van der Waals surface area contributed by atoms with Crippen molar-refractivity contribution in [3.05, 3.63) is 29.8 Å². The molecule has 0 fully saturated rings. The van der Waals surface area contributed by atoms with Crippen LogP contribution in [0.3, 0.4) is 0 Å². The van der Waals surface area contributed by atoms with Gasteiger partial charge in [0.05, 0.1) is 0 Å². The average molecular weight is 236 g/mol. The second-order valence-corrected chi connectivity index (χ2v) is 4.33. The van der Waals surface area contributed by atoms with Crippen LogP contribution in [0.5, 0.6) is 5.75 Å². The minimum absolute atomic E-state index is 0.0338. The molecule has 0 atom stereocenters.